The normalized spacial score (nSPS) is 20.7. The number of ether oxygens (including phenoxy) is 1. The summed E-state index contributed by atoms with van der Waals surface area (Å²) in [7, 11) is 3.43. The third-order valence-corrected chi connectivity index (χ3v) is 4.59. The van der Waals surface area contributed by atoms with E-state index in [1.807, 2.05) is 31.3 Å². The Hall–Kier alpha value is -2.41. The van der Waals surface area contributed by atoms with Gasteiger partial charge in [-0.2, -0.15) is 5.10 Å². The minimum Gasteiger partial charge on any atom is -0.481 e. The first-order chi connectivity index (χ1) is 11.5. The summed E-state index contributed by atoms with van der Waals surface area (Å²) in [4.78, 5) is 25.4. The van der Waals surface area contributed by atoms with Crippen LogP contribution in [0.5, 0.6) is 0 Å². The molecule has 0 aliphatic carbocycles. The van der Waals surface area contributed by atoms with Crippen LogP contribution in [0.1, 0.15) is 18.5 Å². The highest BCUT2D eigenvalue weighted by atomic mass is 16.5. The van der Waals surface area contributed by atoms with Crippen molar-refractivity contribution in [3.63, 3.8) is 0 Å². The SMILES string of the molecule is COC1CC(CC(=O)O)N(C(=O)Cc2nn(C)c3ccccc23)C1. The third-order valence-electron chi connectivity index (χ3n) is 4.59. The third kappa shape index (κ3) is 3.12. The highest BCUT2D eigenvalue weighted by Gasteiger charge is 2.36. The van der Waals surface area contributed by atoms with Gasteiger partial charge in [0.25, 0.3) is 0 Å². The van der Waals surface area contributed by atoms with Crippen LogP contribution >= 0.6 is 0 Å². The van der Waals surface area contributed by atoms with Crippen molar-refractivity contribution in [3.05, 3.63) is 30.0 Å². The number of carboxylic acids is 1. The fourth-order valence-corrected chi connectivity index (χ4v) is 3.41. The van der Waals surface area contributed by atoms with Crippen LogP contribution in [0.4, 0.5) is 0 Å². The molecule has 1 aliphatic rings. The molecule has 0 saturated carbocycles. The fourth-order valence-electron chi connectivity index (χ4n) is 3.41. The molecule has 1 aromatic carbocycles. The highest BCUT2D eigenvalue weighted by Crippen LogP contribution is 2.25. The first-order valence-electron chi connectivity index (χ1n) is 7.94. The summed E-state index contributed by atoms with van der Waals surface area (Å²) in [6, 6.07) is 7.43. The van der Waals surface area contributed by atoms with Crippen molar-refractivity contribution < 1.29 is 19.4 Å². The maximum Gasteiger partial charge on any atom is 0.305 e. The monoisotopic (exact) mass is 331 g/mol. The van der Waals surface area contributed by atoms with Crippen molar-refractivity contribution in [2.75, 3.05) is 13.7 Å². The predicted octanol–water partition coefficient (Wildman–Crippen LogP) is 1.21. The van der Waals surface area contributed by atoms with Gasteiger partial charge in [-0.3, -0.25) is 14.3 Å². The highest BCUT2D eigenvalue weighted by molar-refractivity contribution is 5.88. The Bertz CT molecular complexity index is 770. The number of aliphatic carboxylic acids is 1. The summed E-state index contributed by atoms with van der Waals surface area (Å²) in [6.45, 7) is 0.429. The zero-order valence-corrected chi connectivity index (χ0v) is 13.8. The molecule has 1 fully saturated rings. The van der Waals surface area contributed by atoms with E-state index in [4.69, 9.17) is 9.84 Å². The predicted molar refractivity (Wildman–Crippen MR) is 87.6 cm³/mol. The molecule has 1 aromatic heterocycles. The van der Waals surface area contributed by atoms with Crippen molar-refractivity contribution in [1.82, 2.24) is 14.7 Å². The Morgan fingerprint density at radius 1 is 1.38 bits per heavy atom. The fraction of sp³-hybridized carbons (Fsp3) is 0.471. The number of fused-ring (bicyclic) bond motifs is 1. The van der Waals surface area contributed by atoms with E-state index in [1.54, 1.807) is 16.7 Å². The number of methoxy groups -OCH3 is 1. The zero-order chi connectivity index (χ0) is 17.3. The number of hydrogen-bond donors (Lipinski definition) is 1. The van der Waals surface area contributed by atoms with Crippen LogP contribution in [0.2, 0.25) is 0 Å². The summed E-state index contributed by atoms with van der Waals surface area (Å²) >= 11 is 0. The number of amides is 1. The number of carbonyl (C=O) groups is 2. The topological polar surface area (TPSA) is 84.7 Å². The lowest BCUT2D eigenvalue weighted by Crippen LogP contribution is -2.38. The van der Waals surface area contributed by atoms with Gasteiger partial charge in [-0.05, 0) is 12.5 Å². The van der Waals surface area contributed by atoms with Crippen LogP contribution in [0.15, 0.2) is 24.3 Å². The average molecular weight is 331 g/mol. The summed E-state index contributed by atoms with van der Waals surface area (Å²) in [5, 5.41) is 14.5. The average Bonchev–Trinajstić information content (AvgIpc) is 3.09. The van der Waals surface area contributed by atoms with E-state index in [0.717, 1.165) is 10.9 Å². The summed E-state index contributed by atoms with van der Waals surface area (Å²) in [5.74, 6) is -1.01. The number of aromatic nitrogens is 2. The van der Waals surface area contributed by atoms with Gasteiger partial charge in [-0.15, -0.1) is 0 Å². The van der Waals surface area contributed by atoms with Crippen molar-refractivity contribution in [2.24, 2.45) is 7.05 Å². The standard InChI is InChI=1S/C17H21N3O4/c1-19-15-6-4-3-5-13(15)14(18-19)9-16(21)20-10-12(24-2)7-11(20)8-17(22)23/h3-6,11-12H,7-10H2,1-2H3,(H,22,23). The van der Waals surface area contributed by atoms with E-state index < -0.39 is 5.97 Å². The van der Waals surface area contributed by atoms with Crippen molar-refractivity contribution >= 4 is 22.8 Å². The quantitative estimate of drug-likeness (QED) is 0.890. The maximum atomic E-state index is 12.7. The Balaban J connectivity index is 1.81. The molecule has 1 amide bonds. The lowest BCUT2D eigenvalue weighted by Gasteiger charge is -2.22. The molecular weight excluding hydrogens is 310 g/mol. The molecule has 1 saturated heterocycles. The number of rotatable bonds is 5. The van der Waals surface area contributed by atoms with Crippen LogP contribution in [-0.2, 0) is 27.8 Å². The lowest BCUT2D eigenvalue weighted by atomic mass is 10.1. The van der Waals surface area contributed by atoms with Crippen LogP contribution in [0, 0.1) is 0 Å². The van der Waals surface area contributed by atoms with Crippen LogP contribution < -0.4 is 0 Å². The van der Waals surface area contributed by atoms with E-state index in [2.05, 4.69) is 5.10 Å². The molecule has 0 radical (unpaired) electrons. The number of para-hydroxylation sites is 1. The van der Waals surface area contributed by atoms with Crippen LogP contribution in [0.25, 0.3) is 10.9 Å². The molecule has 24 heavy (non-hydrogen) atoms. The minimum atomic E-state index is -0.905. The molecule has 7 nitrogen and oxygen atoms in total. The number of aryl methyl sites for hydroxylation is 1. The molecule has 3 rings (SSSR count). The maximum absolute atomic E-state index is 12.7. The van der Waals surface area contributed by atoms with Gasteiger partial charge in [0.2, 0.25) is 5.91 Å². The first-order valence-corrected chi connectivity index (χ1v) is 7.94. The van der Waals surface area contributed by atoms with E-state index in [0.29, 0.717) is 18.7 Å². The second-order valence-corrected chi connectivity index (χ2v) is 6.16. The van der Waals surface area contributed by atoms with E-state index in [1.165, 1.54) is 0 Å². The Labute approximate surface area is 139 Å². The smallest absolute Gasteiger partial charge is 0.305 e. The van der Waals surface area contributed by atoms with Crippen molar-refractivity contribution in [1.29, 1.82) is 0 Å². The van der Waals surface area contributed by atoms with E-state index in [-0.39, 0.29) is 30.9 Å². The molecule has 128 valence electrons. The number of carboxylic acid groups (broad SMARTS) is 1. The molecule has 2 heterocycles. The molecule has 1 N–H and O–H groups in total. The second-order valence-electron chi connectivity index (χ2n) is 6.16. The molecule has 2 atom stereocenters. The summed E-state index contributed by atoms with van der Waals surface area (Å²) < 4.78 is 7.08. The Morgan fingerprint density at radius 2 is 2.12 bits per heavy atom. The number of nitrogens with zero attached hydrogens (tertiary/aromatic N) is 3. The molecule has 2 aromatic rings. The van der Waals surface area contributed by atoms with Gasteiger partial charge in [0, 0.05) is 32.1 Å². The number of benzene rings is 1. The van der Waals surface area contributed by atoms with E-state index >= 15 is 0 Å². The van der Waals surface area contributed by atoms with Crippen molar-refractivity contribution in [2.45, 2.75) is 31.4 Å². The second kappa shape index (κ2) is 6.60. The number of hydrogen-bond acceptors (Lipinski definition) is 4. The lowest BCUT2D eigenvalue weighted by molar-refractivity contribution is -0.139. The molecule has 1 aliphatic heterocycles. The largest absolute Gasteiger partial charge is 0.481 e. The van der Waals surface area contributed by atoms with Gasteiger partial charge in [-0.1, -0.05) is 18.2 Å². The molecular formula is C17H21N3O4. The molecule has 2 unspecified atom stereocenters. The molecule has 0 bridgehead atoms. The van der Waals surface area contributed by atoms with Gasteiger partial charge in [-0.25, -0.2) is 0 Å². The Morgan fingerprint density at radius 3 is 2.83 bits per heavy atom. The van der Waals surface area contributed by atoms with Gasteiger partial charge >= 0.3 is 5.97 Å². The van der Waals surface area contributed by atoms with Crippen molar-refractivity contribution in [3.8, 4) is 0 Å². The summed E-state index contributed by atoms with van der Waals surface area (Å²) in [5.41, 5.74) is 1.69. The van der Waals surface area contributed by atoms with Gasteiger partial charge in [0.05, 0.1) is 30.2 Å². The summed E-state index contributed by atoms with van der Waals surface area (Å²) in [6.07, 6.45) is 0.541. The van der Waals surface area contributed by atoms with Gasteiger partial charge in [0.15, 0.2) is 0 Å². The molecule has 7 heteroatoms. The number of likely N-dealkylation sites (tertiary alicyclic amines) is 1. The molecule has 0 spiro atoms. The van der Waals surface area contributed by atoms with Crippen LogP contribution in [-0.4, -0.2) is 57.5 Å². The van der Waals surface area contributed by atoms with Crippen LogP contribution in [0.3, 0.4) is 0 Å². The zero-order valence-electron chi connectivity index (χ0n) is 13.8. The first kappa shape index (κ1) is 16.4. The van der Waals surface area contributed by atoms with Gasteiger partial charge in [0.1, 0.15) is 0 Å². The van der Waals surface area contributed by atoms with Gasteiger partial charge < -0.3 is 14.7 Å². The number of carbonyl (C=O) groups excluding carboxylic acids is 1. The minimum absolute atomic E-state index is 0.0609. The van der Waals surface area contributed by atoms with E-state index in [9.17, 15) is 9.59 Å². The Kier molecular flexibility index (Phi) is 4.53.